The number of nitrogens with zero attached hydrogens (tertiary/aromatic N) is 5. The number of hydrogen-bond donors (Lipinski definition) is 2. The van der Waals surface area contributed by atoms with Gasteiger partial charge in [-0.2, -0.15) is 0 Å². The maximum Gasteiger partial charge on any atom is 0.191 e. The lowest BCUT2D eigenvalue weighted by Crippen LogP contribution is -2.38. The molecular weight excluding hydrogens is 402 g/mol. The van der Waals surface area contributed by atoms with Crippen molar-refractivity contribution in [1.82, 2.24) is 30.4 Å². The summed E-state index contributed by atoms with van der Waals surface area (Å²) in [5.41, 5.74) is 2.19. The molecule has 0 atom stereocenters. The Morgan fingerprint density at radius 2 is 1.87 bits per heavy atom. The van der Waals surface area contributed by atoms with Crippen LogP contribution in [0.1, 0.15) is 22.8 Å². The third-order valence-corrected chi connectivity index (χ3v) is 4.89. The molecule has 9 heteroatoms. The standard InChI is InChI=1S/C21H26ClN7O/c1-15-27-28-20(29(15)2)14-26-21(23-11-10-17-6-9-19(22)24-12-17)25-13-16-4-7-18(30-3)8-5-16/h4-9,12H,10-11,13-14H2,1-3H3,(H2,23,25,26). The molecule has 1 aromatic carbocycles. The first-order chi connectivity index (χ1) is 14.5. The maximum atomic E-state index is 5.85. The molecule has 0 aliphatic rings. The Bertz CT molecular complexity index is 968. The van der Waals surface area contributed by atoms with Crippen LogP contribution in [0.2, 0.25) is 5.15 Å². The first kappa shape index (κ1) is 21.6. The number of halogens is 1. The summed E-state index contributed by atoms with van der Waals surface area (Å²) in [5, 5.41) is 15.5. The van der Waals surface area contributed by atoms with E-state index in [2.05, 4.69) is 25.8 Å². The Kier molecular flexibility index (Phi) is 7.62. The van der Waals surface area contributed by atoms with Gasteiger partial charge in [0.15, 0.2) is 11.8 Å². The van der Waals surface area contributed by atoms with Crippen molar-refractivity contribution in [3.8, 4) is 5.75 Å². The van der Waals surface area contributed by atoms with Crippen molar-refractivity contribution in [3.05, 3.63) is 70.5 Å². The number of hydrogen-bond acceptors (Lipinski definition) is 5. The minimum Gasteiger partial charge on any atom is -0.497 e. The molecule has 0 aliphatic carbocycles. The van der Waals surface area contributed by atoms with E-state index in [9.17, 15) is 0 Å². The lowest BCUT2D eigenvalue weighted by molar-refractivity contribution is 0.414. The number of aromatic nitrogens is 4. The van der Waals surface area contributed by atoms with Gasteiger partial charge in [-0.3, -0.25) is 0 Å². The van der Waals surface area contributed by atoms with Gasteiger partial charge in [0.1, 0.15) is 16.7 Å². The monoisotopic (exact) mass is 427 g/mol. The summed E-state index contributed by atoms with van der Waals surface area (Å²) in [4.78, 5) is 8.82. The number of pyridine rings is 1. The Hall–Kier alpha value is -3.13. The van der Waals surface area contributed by atoms with Crippen LogP contribution in [0.4, 0.5) is 0 Å². The second kappa shape index (κ2) is 10.6. The van der Waals surface area contributed by atoms with Crippen molar-refractivity contribution in [2.75, 3.05) is 13.7 Å². The van der Waals surface area contributed by atoms with Crippen LogP contribution in [0, 0.1) is 6.92 Å². The SMILES string of the molecule is COc1ccc(CN=C(NCCc2ccc(Cl)nc2)NCc2nnc(C)n2C)cc1. The molecule has 3 aromatic rings. The van der Waals surface area contributed by atoms with Crippen molar-refractivity contribution >= 4 is 17.6 Å². The van der Waals surface area contributed by atoms with Crippen LogP contribution in [0.15, 0.2) is 47.6 Å². The first-order valence-corrected chi connectivity index (χ1v) is 10.0. The number of rotatable bonds is 8. The van der Waals surface area contributed by atoms with Gasteiger partial charge in [0.2, 0.25) is 0 Å². The van der Waals surface area contributed by atoms with Gasteiger partial charge in [0.05, 0.1) is 20.2 Å². The Morgan fingerprint density at radius 3 is 2.50 bits per heavy atom. The number of guanidine groups is 1. The van der Waals surface area contributed by atoms with Gasteiger partial charge in [0, 0.05) is 19.8 Å². The van der Waals surface area contributed by atoms with Crippen LogP contribution in [0.25, 0.3) is 0 Å². The van der Waals surface area contributed by atoms with E-state index >= 15 is 0 Å². The third kappa shape index (κ3) is 6.18. The molecule has 2 aromatic heterocycles. The predicted molar refractivity (Wildman–Crippen MR) is 118 cm³/mol. The highest BCUT2D eigenvalue weighted by molar-refractivity contribution is 6.29. The number of aliphatic imine (C=N–C) groups is 1. The van der Waals surface area contributed by atoms with Gasteiger partial charge in [-0.15, -0.1) is 10.2 Å². The van der Waals surface area contributed by atoms with Crippen LogP contribution in [-0.4, -0.2) is 39.4 Å². The third-order valence-electron chi connectivity index (χ3n) is 4.67. The molecule has 0 bridgehead atoms. The molecule has 0 fully saturated rings. The Morgan fingerprint density at radius 1 is 1.10 bits per heavy atom. The van der Waals surface area contributed by atoms with Crippen molar-refractivity contribution in [2.45, 2.75) is 26.4 Å². The highest BCUT2D eigenvalue weighted by atomic mass is 35.5. The molecule has 2 N–H and O–H groups in total. The first-order valence-electron chi connectivity index (χ1n) is 9.65. The van der Waals surface area contributed by atoms with Gasteiger partial charge in [-0.25, -0.2) is 9.98 Å². The van der Waals surface area contributed by atoms with Crippen LogP contribution < -0.4 is 15.4 Å². The lowest BCUT2D eigenvalue weighted by Gasteiger charge is -2.13. The summed E-state index contributed by atoms with van der Waals surface area (Å²) < 4.78 is 7.16. The number of ether oxygens (including phenoxy) is 1. The van der Waals surface area contributed by atoms with E-state index in [0.717, 1.165) is 34.9 Å². The lowest BCUT2D eigenvalue weighted by atomic mass is 10.2. The molecule has 3 rings (SSSR count). The van der Waals surface area contributed by atoms with Crippen molar-refractivity contribution < 1.29 is 4.74 Å². The van der Waals surface area contributed by atoms with E-state index < -0.39 is 0 Å². The largest absolute Gasteiger partial charge is 0.497 e. The average molecular weight is 428 g/mol. The fourth-order valence-electron chi connectivity index (χ4n) is 2.72. The summed E-state index contributed by atoms with van der Waals surface area (Å²) >= 11 is 5.85. The van der Waals surface area contributed by atoms with Crippen molar-refractivity contribution in [2.24, 2.45) is 12.0 Å². The molecule has 30 heavy (non-hydrogen) atoms. The van der Waals surface area contributed by atoms with Crippen LogP contribution >= 0.6 is 11.6 Å². The van der Waals surface area contributed by atoms with Gasteiger partial charge >= 0.3 is 0 Å². The number of methoxy groups -OCH3 is 1. The van der Waals surface area contributed by atoms with Gasteiger partial charge < -0.3 is 19.9 Å². The second-order valence-corrected chi connectivity index (χ2v) is 7.14. The summed E-state index contributed by atoms with van der Waals surface area (Å²) in [6, 6.07) is 11.6. The molecule has 0 aliphatic heterocycles. The molecule has 2 heterocycles. The molecule has 0 spiro atoms. The molecule has 0 unspecified atom stereocenters. The fourth-order valence-corrected chi connectivity index (χ4v) is 2.83. The fraction of sp³-hybridized carbons (Fsp3) is 0.333. The summed E-state index contributed by atoms with van der Waals surface area (Å²) in [6.45, 7) is 3.69. The van der Waals surface area contributed by atoms with Crippen LogP contribution in [0.3, 0.4) is 0 Å². The van der Waals surface area contributed by atoms with Gasteiger partial charge in [-0.1, -0.05) is 29.8 Å². The zero-order valence-electron chi connectivity index (χ0n) is 17.4. The minimum atomic E-state index is 0.495. The maximum absolute atomic E-state index is 5.85. The van der Waals surface area contributed by atoms with Crippen molar-refractivity contribution in [3.63, 3.8) is 0 Å². The highest BCUT2D eigenvalue weighted by Gasteiger charge is 2.06. The zero-order valence-corrected chi connectivity index (χ0v) is 18.1. The van der Waals surface area contributed by atoms with E-state index in [-0.39, 0.29) is 0 Å². The summed E-state index contributed by atoms with van der Waals surface area (Å²) in [5.74, 6) is 3.24. The molecule has 0 amide bonds. The zero-order chi connectivity index (χ0) is 21.3. The number of aryl methyl sites for hydroxylation is 1. The quantitative estimate of drug-likeness (QED) is 0.326. The molecule has 0 radical (unpaired) electrons. The molecule has 0 saturated carbocycles. The minimum absolute atomic E-state index is 0.495. The van der Waals surface area contributed by atoms with Gasteiger partial charge in [0.25, 0.3) is 0 Å². The van der Waals surface area contributed by atoms with Crippen LogP contribution in [0.5, 0.6) is 5.75 Å². The molecule has 158 valence electrons. The molecule has 0 saturated heterocycles. The second-order valence-electron chi connectivity index (χ2n) is 6.75. The number of nitrogens with one attached hydrogen (secondary N) is 2. The summed E-state index contributed by atoms with van der Waals surface area (Å²) in [7, 11) is 3.60. The Labute approximate surface area is 181 Å². The average Bonchev–Trinajstić information content (AvgIpc) is 3.09. The molecule has 8 nitrogen and oxygen atoms in total. The predicted octanol–water partition coefficient (Wildman–Crippen LogP) is 2.66. The van der Waals surface area contributed by atoms with Crippen molar-refractivity contribution in [1.29, 1.82) is 0 Å². The van der Waals surface area contributed by atoms with E-state index in [1.807, 2.05) is 48.9 Å². The van der Waals surface area contributed by atoms with Crippen LogP contribution in [-0.2, 0) is 26.6 Å². The topological polar surface area (TPSA) is 89.2 Å². The summed E-state index contributed by atoms with van der Waals surface area (Å²) in [6.07, 6.45) is 2.59. The normalized spacial score (nSPS) is 11.4. The molecular formula is C21H26ClN7O. The van der Waals surface area contributed by atoms with E-state index in [0.29, 0.717) is 30.7 Å². The van der Waals surface area contributed by atoms with E-state index in [1.54, 1.807) is 19.4 Å². The highest BCUT2D eigenvalue weighted by Crippen LogP contribution is 2.12. The number of benzene rings is 1. The Balaban J connectivity index is 1.62. The van der Waals surface area contributed by atoms with Gasteiger partial charge in [-0.05, 0) is 42.7 Å². The van der Waals surface area contributed by atoms with E-state index in [4.69, 9.17) is 21.3 Å². The van der Waals surface area contributed by atoms with E-state index in [1.165, 1.54) is 0 Å². The smallest absolute Gasteiger partial charge is 0.191 e.